The van der Waals surface area contributed by atoms with Crippen LogP contribution in [-0.4, -0.2) is 9.97 Å². The van der Waals surface area contributed by atoms with Crippen molar-refractivity contribution >= 4 is 39.7 Å². The van der Waals surface area contributed by atoms with Gasteiger partial charge in [0.05, 0.1) is 5.52 Å². The summed E-state index contributed by atoms with van der Waals surface area (Å²) in [5.41, 5.74) is 7.45. The molecule has 3 nitrogen and oxygen atoms in total. The fourth-order valence-electron chi connectivity index (χ4n) is 1.53. The summed E-state index contributed by atoms with van der Waals surface area (Å²) in [6, 6.07) is 9.77. The molecule has 0 spiro atoms. The third-order valence-corrected chi connectivity index (χ3v) is 4.11. The van der Waals surface area contributed by atoms with Gasteiger partial charge in [-0.25, -0.2) is 9.97 Å². The number of pyridine rings is 1. The zero-order chi connectivity index (χ0) is 11.7. The zero-order valence-corrected chi connectivity index (χ0v) is 10.5. The molecular formula is C12H9N3S2. The molecule has 0 amide bonds. The summed E-state index contributed by atoms with van der Waals surface area (Å²) < 4.78 is 1.01. The lowest BCUT2D eigenvalue weighted by Crippen LogP contribution is -1.86. The van der Waals surface area contributed by atoms with E-state index in [4.69, 9.17) is 5.73 Å². The van der Waals surface area contributed by atoms with Crippen LogP contribution < -0.4 is 5.73 Å². The van der Waals surface area contributed by atoms with E-state index in [-0.39, 0.29) is 0 Å². The van der Waals surface area contributed by atoms with E-state index < -0.39 is 0 Å². The van der Waals surface area contributed by atoms with Crippen LogP contribution in [0.1, 0.15) is 0 Å². The maximum Gasteiger partial charge on any atom is 0.156 e. The van der Waals surface area contributed by atoms with E-state index in [0.29, 0.717) is 0 Å². The Bertz CT molecular complexity index is 650. The third-order valence-electron chi connectivity index (χ3n) is 2.29. The van der Waals surface area contributed by atoms with E-state index in [9.17, 15) is 0 Å². The molecule has 3 aromatic rings. The smallest absolute Gasteiger partial charge is 0.156 e. The lowest BCUT2D eigenvalue weighted by molar-refractivity contribution is 1.17. The highest BCUT2D eigenvalue weighted by atomic mass is 32.2. The van der Waals surface area contributed by atoms with E-state index in [1.54, 1.807) is 29.3 Å². The Morgan fingerprint density at radius 3 is 2.94 bits per heavy atom. The van der Waals surface area contributed by atoms with Gasteiger partial charge in [-0.05, 0) is 36.0 Å². The SMILES string of the molecule is Nc1ccc2nc(Sc3nccs3)ccc2c1. The standard InChI is InChI=1S/C12H9N3S2/c13-9-2-3-10-8(7-9)1-4-11(15-10)17-12-14-5-6-16-12/h1-7H,13H2. The minimum absolute atomic E-state index is 0.764. The molecule has 3 rings (SSSR count). The number of hydrogen-bond acceptors (Lipinski definition) is 5. The summed E-state index contributed by atoms with van der Waals surface area (Å²) in [5.74, 6) is 0. The molecule has 0 radical (unpaired) electrons. The van der Waals surface area contributed by atoms with Gasteiger partial charge in [0.1, 0.15) is 5.03 Å². The number of anilines is 1. The summed E-state index contributed by atoms with van der Waals surface area (Å²) in [6.07, 6.45) is 1.80. The average Bonchev–Trinajstić information content (AvgIpc) is 2.82. The number of benzene rings is 1. The Kier molecular flexibility index (Phi) is 2.70. The largest absolute Gasteiger partial charge is 0.399 e. The van der Waals surface area contributed by atoms with Crippen LogP contribution in [0.3, 0.4) is 0 Å². The Labute approximate surface area is 107 Å². The molecule has 0 bridgehead atoms. The molecule has 0 aliphatic heterocycles. The normalized spacial score (nSPS) is 10.8. The Hall–Kier alpha value is -1.59. The van der Waals surface area contributed by atoms with Crippen molar-refractivity contribution in [1.82, 2.24) is 9.97 Å². The third kappa shape index (κ3) is 2.25. The second kappa shape index (κ2) is 4.35. The van der Waals surface area contributed by atoms with Crippen molar-refractivity contribution in [3.05, 3.63) is 41.9 Å². The molecule has 0 aliphatic carbocycles. The lowest BCUT2D eigenvalue weighted by atomic mass is 10.2. The predicted molar refractivity (Wildman–Crippen MR) is 72.4 cm³/mol. The number of hydrogen-bond donors (Lipinski definition) is 1. The highest BCUT2D eigenvalue weighted by Gasteiger charge is 2.03. The van der Waals surface area contributed by atoms with Gasteiger partial charge in [-0.3, -0.25) is 0 Å². The van der Waals surface area contributed by atoms with Crippen molar-refractivity contribution in [2.45, 2.75) is 9.37 Å². The monoisotopic (exact) mass is 259 g/mol. The second-order valence-corrected chi connectivity index (χ2v) is 5.66. The Balaban J connectivity index is 1.99. The Morgan fingerprint density at radius 1 is 1.18 bits per heavy atom. The van der Waals surface area contributed by atoms with Gasteiger partial charge in [0.25, 0.3) is 0 Å². The molecule has 0 aliphatic rings. The van der Waals surface area contributed by atoms with Gasteiger partial charge < -0.3 is 5.73 Å². The molecule has 0 saturated heterocycles. The topological polar surface area (TPSA) is 51.8 Å². The van der Waals surface area contributed by atoms with Crippen LogP contribution in [0.5, 0.6) is 0 Å². The van der Waals surface area contributed by atoms with E-state index in [2.05, 4.69) is 9.97 Å². The summed E-state index contributed by atoms with van der Waals surface area (Å²) >= 11 is 3.20. The van der Waals surface area contributed by atoms with Crippen molar-refractivity contribution in [2.24, 2.45) is 0 Å². The van der Waals surface area contributed by atoms with Gasteiger partial charge in [0, 0.05) is 22.7 Å². The summed E-state index contributed by atoms with van der Waals surface area (Å²) in [6.45, 7) is 0. The van der Waals surface area contributed by atoms with Crippen LogP contribution in [0.25, 0.3) is 10.9 Å². The summed E-state index contributed by atoms with van der Waals surface area (Å²) in [5, 5.41) is 3.98. The number of fused-ring (bicyclic) bond motifs is 1. The van der Waals surface area contributed by atoms with Gasteiger partial charge in [0.15, 0.2) is 4.34 Å². The predicted octanol–water partition coefficient (Wildman–Crippen LogP) is 3.42. The number of nitrogens with two attached hydrogens (primary N) is 1. The fraction of sp³-hybridized carbons (Fsp3) is 0. The fourth-order valence-corrected chi connectivity index (χ4v) is 3.08. The highest BCUT2D eigenvalue weighted by Crippen LogP contribution is 2.29. The molecular weight excluding hydrogens is 250 g/mol. The van der Waals surface area contributed by atoms with Crippen molar-refractivity contribution < 1.29 is 0 Å². The van der Waals surface area contributed by atoms with Gasteiger partial charge in [-0.15, -0.1) is 11.3 Å². The minimum atomic E-state index is 0.764. The molecule has 5 heteroatoms. The van der Waals surface area contributed by atoms with Crippen LogP contribution >= 0.6 is 23.1 Å². The van der Waals surface area contributed by atoms with Crippen LogP contribution in [0.4, 0.5) is 5.69 Å². The number of thiazole rings is 1. The Morgan fingerprint density at radius 2 is 2.12 bits per heavy atom. The molecule has 0 unspecified atom stereocenters. The lowest BCUT2D eigenvalue weighted by Gasteiger charge is -2.01. The van der Waals surface area contributed by atoms with Crippen LogP contribution in [0.15, 0.2) is 51.3 Å². The summed E-state index contributed by atoms with van der Waals surface area (Å²) in [4.78, 5) is 8.79. The molecule has 0 fully saturated rings. The van der Waals surface area contributed by atoms with Crippen LogP contribution in [0.2, 0.25) is 0 Å². The highest BCUT2D eigenvalue weighted by molar-refractivity contribution is 8.01. The van der Waals surface area contributed by atoms with E-state index >= 15 is 0 Å². The van der Waals surface area contributed by atoms with Gasteiger partial charge in [-0.2, -0.15) is 0 Å². The minimum Gasteiger partial charge on any atom is -0.399 e. The molecule has 2 aromatic heterocycles. The first kappa shape index (κ1) is 10.6. The number of rotatable bonds is 2. The number of nitrogen functional groups attached to an aromatic ring is 1. The van der Waals surface area contributed by atoms with Crippen LogP contribution in [-0.2, 0) is 0 Å². The second-order valence-electron chi connectivity index (χ2n) is 3.50. The molecule has 1 aromatic carbocycles. The summed E-state index contributed by atoms with van der Waals surface area (Å²) in [7, 11) is 0. The first-order valence-electron chi connectivity index (χ1n) is 5.05. The molecule has 17 heavy (non-hydrogen) atoms. The maximum absolute atomic E-state index is 5.73. The molecule has 0 saturated carbocycles. The zero-order valence-electron chi connectivity index (χ0n) is 8.83. The van der Waals surface area contributed by atoms with Gasteiger partial charge in [-0.1, -0.05) is 6.07 Å². The van der Waals surface area contributed by atoms with Crippen molar-refractivity contribution in [3.63, 3.8) is 0 Å². The van der Waals surface area contributed by atoms with E-state index in [1.165, 1.54) is 0 Å². The van der Waals surface area contributed by atoms with Crippen molar-refractivity contribution in [1.29, 1.82) is 0 Å². The first-order chi connectivity index (χ1) is 8.31. The average molecular weight is 259 g/mol. The molecule has 84 valence electrons. The number of nitrogens with zero attached hydrogens (tertiary/aromatic N) is 2. The van der Waals surface area contributed by atoms with Crippen molar-refractivity contribution in [2.75, 3.05) is 5.73 Å². The number of aromatic nitrogens is 2. The molecule has 0 atom stereocenters. The van der Waals surface area contributed by atoms with E-state index in [1.807, 2.05) is 35.7 Å². The quantitative estimate of drug-likeness (QED) is 0.716. The van der Waals surface area contributed by atoms with Crippen molar-refractivity contribution in [3.8, 4) is 0 Å². The maximum atomic E-state index is 5.73. The molecule has 2 heterocycles. The first-order valence-corrected chi connectivity index (χ1v) is 6.74. The van der Waals surface area contributed by atoms with Gasteiger partial charge in [0.2, 0.25) is 0 Å². The van der Waals surface area contributed by atoms with Gasteiger partial charge >= 0.3 is 0 Å². The van der Waals surface area contributed by atoms with E-state index in [0.717, 1.165) is 26.0 Å². The van der Waals surface area contributed by atoms with Crippen LogP contribution in [0, 0.1) is 0 Å². The molecule has 2 N–H and O–H groups in total.